The van der Waals surface area contributed by atoms with E-state index in [0.717, 1.165) is 16.9 Å². The molecule has 0 spiro atoms. The lowest BCUT2D eigenvalue weighted by Gasteiger charge is -2.25. The fraction of sp³-hybridized carbons (Fsp3) is 0.192. The Morgan fingerprint density at radius 2 is 2.06 bits per heavy atom. The quantitative estimate of drug-likeness (QED) is 0.391. The lowest BCUT2D eigenvalue weighted by atomic mass is 10.2. The van der Waals surface area contributed by atoms with E-state index in [0.29, 0.717) is 43.2 Å². The Hall–Kier alpha value is -4.24. The van der Waals surface area contributed by atoms with Crippen LogP contribution in [0.25, 0.3) is 17.0 Å². The number of fused-ring (bicyclic) bond motifs is 1. The standard InChI is InChI=1S/C26H24FN5O3/c1-17-15-20-21(29-17)6-7-22(25(20)27)35-23-9-10-28-26(31-23)30-19-4-2-3-18(16-19)5-8-24(33)32-11-13-34-14-12-32/h2-10,15-16,29H,11-14H2,1H3,(H,28,30,31)/b8-5+. The predicted molar refractivity (Wildman–Crippen MR) is 131 cm³/mol. The van der Waals surface area contributed by atoms with Gasteiger partial charge in [-0.15, -0.1) is 0 Å². The molecule has 8 nitrogen and oxygen atoms in total. The maximum atomic E-state index is 14.9. The van der Waals surface area contributed by atoms with E-state index >= 15 is 0 Å². The number of hydrogen-bond acceptors (Lipinski definition) is 6. The second-order valence-corrected chi connectivity index (χ2v) is 8.13. The number of anilines is 2. The fourth-order valence-corrected chi connectivity index (χ4v) is 3.84. The molecule has 0 saturated carbocycles. The number of carbonyl (C=O) groups excluding carboxylic acids is 1. The molecular formula is C26H24FN5O3. The lowest BCUT2D eigenvalue weighted by molar-refractivity contribution is -0.129. The number of aromatic amines is 1. The molecule has 1 aliphatic rings. The van der Waals surface area contributed by atoms with Crippen LogP contribution in [0.15, 0.2) is 60.8 Å². The summed E-state index contributed by atoms with van der Waals surface area (Å²) in [5.41, 5.74) is 3.16. The van der Waals surface area contributed by atoms with Gasteiger partial charge in [0.05, 0.1) is 13.2 Å². The molecule has 0 atom stereocenters. The topological polar surface area (TPSA) is 92.4 Å². The first-order chi connectivity index (χ1) is 17.0. The number of aryl methyl sites for hydroxylation is 1. The number of benzene rings is 2. The zero-order chi connectivity index (χ0) is 24.2. The van der Waals surface area contributed by atoms with E-state index in [1.54, 1.807) is 41.3 Å². The van der Waals surface area contributed by atoms with Crippen LogP contribution < -0.4 is 10.1 Å². The summed E-state index contributed by atoms with van der Waals surface area (Å²) in [5, 5.41) is 3.58. The molecule has 4 aromatic rings. The van der Waals surface area contributed by atoms with Crippen molar-refractivity contribution in [1.29, 1.82) is 0 Å². The van der Waals surface area contributed by atoms with E-state index < -0.39 is 5.82 Å². The van der Waals surface area contributed by atoms with Crippen molar-refractivity contribution in [1.82, 2.24) is 19.9 Å². The smallest absolute Gasteiger partial charge is 0.246 e. The van der Waals surface area contributed by atoms with Gasteiger partial charge in [-0.25, -0.2) is 9.37 Å². The van der Waals surface area contributed by atoms with Crippen molar-refractivity contribution < 1.29 is 18.7 Å². The Labute approximate surface area is 201 Å². The van der Waals surface area contributed by atoms with Gasteiger partial charge in [-0.3, -0.25) is 4.79 Å². The van der Waals surface area contributed by atoms with Gasteiger partial charge in [0.15, 0.2) is 11.6 Å². The van der Waals surface area contributed by atoms with E-state index in [1.807, 2.05) is 31.2 Å². The molecule has 0 unspecified atom stereocenters. The molecule has 5 rings (SSSR count). The molecule has 0 aliphatic carbocycles. The molecule has 0 radical (unpaired) electrons. The molecule has 9 heteroatoms. The third-order valence-electron chi connectivity index (χ3n) is 5.57. The monoisotopic (exact) mass is 473 g/mol. The van der Waals surface area contributed by atoms with Crippen molar-refractivity contribution in [2.24, 2.45) is 0 Å². The molecular weight excluding hydrogens is 449 g/mol. The third-order valence-corrected chi connectivity index (χ3v) is 5.57. The molecule has 178 valence electrons. The SMILES string of the molecule is Cc1cc2c(F)c(Oc3ccnc(Nc4cccc(/C=C/C(=O)N5CCOCC5)c4)n3)ccc2[nH]1. The molecule has 35 heavy (non-hydrogen) atoms. The van der Waals surface area contributed by atoms with Crippen LogP contribution in [0.1, 0.15) is 11.3 Å². The van der Waals surface area contributed by atoms with Crippen molar-refractivity contribution in [2.75, 3.05) is 31.6 Å². The van der Waals surface area contributed by atoms with Crippen LogP contribution in [0.4, 0.5) is 16.0 Å². The second kappa shape index (κ2) is 9.94. The highest BCUT2D eigenvalue weighted by atomic mass is 19.1. The van der Waals surface area contributed by atoms with E-state index in [4.69, 9.17) is 9.47 Å². The van der Waals surface area contributed by atoms with Crippen LogP contribution in [0.5, 0.6) is 11.6 Å². The van der Waals surface area contributed by atoms with E-state index in [9.17, 15) is 9.18 Å². The average Bonchev–Trinajstić information content (AvgIpc) is 3.26. The number of halogens is 1. The van der Waals surface area contributed by atoms with Gasteiger partial charge < -0.3 is 24.7 Å². The van der Waals surface area contributed by atoms with Gasteiger partial charge in [-0.2, -0.15) is 4.98 Å². The molecule has 0 bridgehead atoms. The number of aromatic nitrogens is 3. The molecule has 2 aromatic heterocycles. The van der Waals surface area contributed by atoms with E-state index in [2.05, 4.69) is 20.3 Å². The first-order valence-corrected chi connectivity index (χ1v) is 11.3. The Kier molecular flexibility index (Phi) is 6.40. The molecule has 2 N–H and O–H groups in total. The number of nitrogens with one attached hydrogen (secondary N) is 2. The van der Waals surface area contributed by atoms with Crippen molar-refractivity contribution in [3.8, 4) is 11.6 Å². The van der Waals surface area contributed by atoms with Crippen LogP contribution in [0, 0.1) is 12.7 Å². The van der Waals surface area contributed by atoms with Gasteiger partial charge >= 0.3 is 0 Å². The normalized spacial score (nSPS) is 13.9. The van der Waals surface area contributed by atoms with Gasteiger partial charge in [0.25, 0.3) is 0 Å². The lowest BCUT2D eigenvalue weighted by Crippen LogP contribution is -2.39. The number of rotatable bonds is 6. The number of morpholine rings is 1. The zero-order valence-electron chi connectivity index (χ0n) is 19.1. The number of carbonyl (C=O) groups is 1. The second-order valence-electron chi connectivity index (χ2n) is 8.13. The number of H-pyrrole nitrogens is 1. The number of amides is 1. The molecule has 1 saturated heterocycles. The van der Waals surface area contributed by atoms with Crippen LogP contribution in [-0.2, 0) is 9.53 Å². The highest BCUT2D eigenvalue weighted by Crippen LogP contribution is 2.30. The molecule has 1 aliphatic heterocycles. The Bertz CT molecular complexity index is 1400. The molecule has 1 amide bonds. The van der Waals surface area contributed by atoms with Crippen LogP contribution in [0.2, 0.25) is 0 Å². The van der Waals surface area contributed by atoms with Crippen LogP contribution in [0.3, 0.4) is 0 Å². The summed E-state index contributed by atoms with van der Waals surface area (Å²) in [5.74, 6) is 0.0940. The predicted octanol–water partition coefficient (Wildman–Crippen LogP) is 4.81. The Morgan fingerprint density at radius 3 is 2.91 bits per heavy atom. The minimum absolute atomic E-state index is 0.0416. The van der Waals surface area contributed by atoms with Gasteiger partial charge in [-0.1, -0.05) is 12.1 Å². The van der Waals surface area contributed by atoms with Crippen molar-refractivity contribution in [2.45, 2.75) is 6.92 Å². The number of nitrogens with zero attached hydrogens (tertiary/aromatic N) is 3. The molecule has 3 heterocycles. The van der Waals surface area contributed by atoms with Crippen molar-refractivity contribution >= 4 is 34.5 Å². The summed E-state index contributed by atoms with van der Waals surface area (Å²) in [4.78, 5) is 25.8. The Morgan fingerprint density at radius 1 is 1.20 bits per heavy atom. The number of hydrogen-bond donors (Lipinski definition) is 2. The maximum absolute atomic E-state index is 14.9. The first kappa shape index (κ1) is 22.5. The van der Waals surface area contributed by atoms with Crippen LogP contribution in [-0.4, -0.2) is 52.1 Å². The molecule has 1 fully saturated rings. The van der Waals surface area contributed by atoms with E-state index in [-0.39, 0.29) is 17.5 Å². The highest BCUT2D eigenvalue weighted by Gasteiger charge is 2.14. The van der Waals surface area contributed by atoms with Gasteiger partial charge in [-0.05, 0) is 48.9 Å². The fourth-order valence-electron chi connectivity index (χ4n) is 3.84. The van der Waals surface area contributed by atoms with Crippen molar-refractivity contribution in [3.63, 3.8) is 0 Å². The van der Waals surface area contributed by atoms with Gasteiger partial charge in [0.2, 0.25) is 17.7 Å². The number of ether oxygens (including phenoxy) is 2. The summed E-state index contributed by atoms with van der Waals surface area (Å²) >= 11 is 0. The Balaban J connectivity index is 1.28. The van der Waals surface area contributed by atoms with Crippen LogP contribution >= 0.6 is 0 Å². The highest BCUT2D eigenvalue weighted by molar-refractivity contribution is 5.92. The van der Waals surface area contributed by atoms with Gasteiger partial charge in [0, 0.05) is 53.7 Å². The maximum Gasteiger partial charge on any atom is 0.246 e. The minimum atomic E-state index is -0.453. The largest absolute Gasteiger partial charge is 0.436 e. The molecule has 2 aromatic carbocycles. The third kappa shape index (κ3) is 5.30. The summed E-state index contributed by atoms with van der Waals surface area (Å²) in [7, 11) is 0. The average molecular weight is 474 g/mol. The van der Waals surface area contributed by atoms with E-state index in [1.165, 1.54) is 6.20 Å². The zero-order valence-corrected chi connectivity index (χ0v) is 19.1. The minimum Gasteiger partial charge on any atom is -0.436 e. The van der Waals surface area contributed by atoms with Gasteiger partial charge in [0.1, 0.15) is 0 Å². The summed E-state index contributed by atoms with van der Waals surface area (Å²) in [6.45, 7) is 4.20. The summed E-state index contributed by atoms with van der Waals surface area (Å²) < 4.78 is 25.9. The van der Waals surface area contributed by atoms with Crippen molar-refractivity contribution in [3.05, 3.63) is 77.9 Å². The summed E-state index contributed by atoms with van der Waals surface area (Å²) in [6, 6.07) is 14.1. The summed E-state index contributed by atoms with van der Waals surface area (Å²) in [6.07, 6.45) is 4.87. The first-order valence-electron chi connectivity index (χ1n) is 11.3.